The first kappa shape index (κ1) is 20.2. The van der Waals surface area contributed by atoms with Crippen LogP contribution in [-0.4, -0.2) is 81.6 Å². The number of halogens is 1. The van der Waals surface area contributed by atoms with Crippen LogP contribution in [0.5, 0.6) is 0 Å². The van der Waals surface area contributed by atoms with Crippen molar-refractivity contribution in [2.24, 2.45) is 0 Å². The molecule has 0 unspecified atom stereocenters. The Kier molecular flexibility index (Phi) is 6.15. The SMILES string of the molecule is C[C@@H]1CN(C(=O)C[NH+]2CCN(S(=O)(=O)c3cccc(F)c3)CC2)C[C@@H](C)O1. The maximum atomic E-state index is 13.4. The molecule has 0 radical (unpaired) electrons. The first-order valence-electron chi connectivity index (χ1n) is 9.28. The second-order valence-electron chi connectivity index (χ2n) is 7.34. The van der Waals surface area contributed by atoms with Crippen LogP contribution in [-0.2, 0) is 19.6 Å². The van der Waals surface area contributed by atoms with Crippen LogP contribution in [0.4, 0.5) is 4.39 Å². The van der Waals surface area contributed by atoms with Crippen LogP contribution in [0, 0.1) is 5.82 Å². The maximum Gasteiger partial charge on any atom is 0.277 e. The van der Waals surface area contributed by atoms with Gasteiger partial charge in [-0.1, -0.05) is 6.07 Å². The summed E-state index contributed by atoms with van der Waals surface area (Å²) >= 11 is 0. The fourth-order valence-electron chi connectivity index (χ4n) is 3.70. The molecule has 0 bridgehead atoms. The van der Waals surface area contributed by atoms with Gasteiger partial charge in [0.05, 0.1) is 43.3 Å². The molecule has 3 rings (SSSR count). The molecule has 2 fully saturated rings. The lowest BCUT2D eigenvalue weighted by molar-refractivity contribution is -0.896. The summed E-state index contributed by atoms with van der Waals surface area (Å²) in [6.07, 6.45) is 0.0573. The summed E-state index contributed by atoms with van der Waals surface area (Å²) in [5.41, 5.74) is 0. The van der Waals surface area contributed by atoms with E-state index in [0.29, 0.717) is 45.8 Å². The number of piperazine rings is 1. The molecule has 0 aromatic heterocycles. The van der Waals surface area contributed by atoms with E-state index in [-0.39, 0.29) is 23.0 Å². The summed E-state index contributed by atoms with van der Waals surface area (Å²) in [5, 5.41) is 0. The zero-order valence-corrected chi connectivity index (χ0v) is 16.5. The number of morpholine rings is 1. The number of nitrogens with one attached hydrogen (secondary N) is 1. The number of nitrogens with zero attached hydrogens (tertiary/aromatic N) is 2. The third-order valence-corrected chi connectivity index (χ3v) is 6.93. The Hall–Kier alpha value is -1.55. The van der Waals surface area contributed by atoms with Gasteiger partial charge in [0, 0.05) is 13.1 Å². The number of carbonyl (C=O) groups is 1. The summed E-state index contributed by atoms with van der Waals surface area (Å²) in [7, 11) is -3.70. The highest BCUT2D eigenvalue weighted by Crippen LogP contribution is 2.16. The number of rotatable bonds is 4. The van der Waals surface area contributed by atoms with Gasteiger partial charge in [-0.25, -0.2) is 12.8 Å². The smallest absolute Gasteiger partial charge is 0.277 e. The Morgan fingerprint density at radius 2 is 1.85 bits per heavy atom. The molecule has 2 saturated heterocycles. The van der Waals surface area contributed by atoms with Crippen LogP contribution in [0.3, 0.4) is 0 Å². The van der Waals surface area contributed by atoms with Crippen molar-refractivity contribution in [2.75, 3.05) is 45.8 Å². The molecule has 2 aliphatic rings. The molecule has 0 spiro atoms. The standard InChI is InChI=1S/C18H26FN3O4S/c1-14-11-21(12-15(2)26-14)18(23)13-20-6-8-22(9-7-20)27(24,25)17-5-3-4-16(19)10-17/h3-5,10,14-15H,6-9,11-13H2,1-2H3/p+1/t14-,15-/m1/s1. The lowest BCUT2D eigenvalue weighted by Gasteiger charge is -2.37. The summed E-state index contributed by atoms with van der Waals surface area (Å²) in [5.74, 6) is -0.492. The minimum atomic E-state index is -3.70. The summed E-state index contributed by atoms with van der Waals surface area (Å²) < 4.78 is 45.7. The highest BCUT2D eigenvalue weighted by Gasteiger charge is 2.33. The van der Waals surface area contributed by atoms with Crippen LogP contribution in [0.15, 0.2) is 29.2 Å². The summed E-state index contributed by atoms with van der Waals surface area (Å²) in [6.45, 7) is 7.19. The van der Waals surface area contributed by atoms with Gasteiger partial charge in [0.1, 0.15) is 5.82 Å². The van der Waals surface area contributed by atoms with E-state index in [2.05, 4.69) is 0 Å². The van der Waals surface area contributed by atoms with Gasteiger partial charge in [-0.15, -0.1) is 0 Å². The number of hydrogen-bond acceptors (Lipinski definition) is 4. The molecule has 150 valence electrons. The molecule has 2 atom stereocenters. The molecule has 7 nitrogen and oxygen atoms in total. The fraction of sp³-hybridized carbons (Fsp3) is 0.611. The van der Waals surface area contributed by atoms with E-state index >= 15 is 0 Å². The zero-order chi connectivity index (χ0) is 19.6. The monoisotopic (exact) mass is 400 g/mol. The average molecular weight is 400 g/mol. The zero-order valence-electron chi connectivity index (χ0n) is 15.7. The lowest BCUT2D eigenvalue weighted by Crippen LogP contribution is -3.15. The Morgan fingerprint density at radius 3 is 2.44 bits per heavy atom. The molecule has 0 saturated carbocycles. The Balaban J connectivity index is 1.55. The van der Waals surface area contributed by atoms with Crippen LogP contribution >= 0.6 is 0 Å². The van der Waals surface area contributed by atoms with E-state index in [4.69, 9.17) is 4.74 Å². The van der Waals surface area contributed by atoms with Crippen molar-refractivity contribution in [1.29, 1.82) is 0 Å². The van der Waals surface area contributed by atoms with E-state index in [9.17, 15) is 17.6 Å². The van der Waals surface area contributed by atoms with Crippen molar-refractivity contribution in [3.63, 3.8) is 0 Å². The van der Waals surface area contributed by atoms with E-state index in [1.807, 2.05) is 18.7 Å². The largest absolute Gasteiger partial charge is 0.372 e. The van der Waals surface area contributed by atoms with Crippen molar-refractivity contribution < 1.29 is 27.2 Å². The number of sulfonamides is 1. The number of hydrogen-bond donors (Lipinski definition) is 1. The number of quaternary nitrogens is 1. The Morgan fingerprint density at radius 1 is 1.22 bits per heavy atom. The molecule has 9 heteroatoms. The van der Waals surface area contributed by atoms with Gasteiger partial charge in [-0.2, -0.15) is 4.31 Å². The van der Waals surface area contributed by atoms with E-state index in [1.165, 1.54) is 22.5 Å². The van der Waals surface area contributed by atoms with Gasteiger partial charge < -0.3 is 14.5 Å². The second-order valence-corrected chi connectivity index (χ2v) is 9.28. The predicted molar refractivity (Wildman–Crippen MR) is 97.3 cm³/mol. The van der Waals surface area contributed by atoms with E-state index in [0.717, 1.165) is 11.0 Å². The molecule has 2 heterocycles. The molecule has 0 aliphatic carbocycles. The first-order valence-corrected chi connectivity index (χ1v) is 10.7. The third kappa shape index (κ3) is 4.84. The molecule has 1 aromatic rings. The number of amides is 1. The molecular formula is C18H27FN3O4S+. The van der Waals surface area contributed by atoms with Gasteiger partial charge in [0.2, 0.25) is 10.0 Å². The predicted octanol–water partition coefficient (Wildman–Crippen LogP) is -0.649. The Labute approximate surface area is 159 Å². The van der Waals surface area contributed by atoms with Gasteiger partial charge >= 0.3 is 0 Å². The molecule has 1 aromatic carbocycles. The summed E-state index contributed by atoms with van der Waals surface area (Å²) in [4.78, 5) is 15.4. The highest BCUT2D eigenvalue weighted by atomic mass is 32.2. The fourth-order valence-corrected chi connectivity index (χ4v) is 5.18. The third-order valence-electron chi connectivity index (χ3n) is 5.04. The maximum absolute atomic E-state index is 13.4. The van der Waals surface area contributed by atoms with Crippen molar-refractivity contribution in [1.82, 2.24) is 9.21 Å². The van der Waals surface area contributed by atoms with Gasteiger partial charge in [0.15, 0.2) is 6.54 Å². The van der Waals surface area contributed by atoms with Gasteiger partial charge in [-0.05, 0) is 32.0 Å². The highest BCUT2D eigenvalue weighted by molar-refractivity contribution is 7.89. The van der Waals surface area contributed by atoms with Crippen molar-refractivity contribution >= 4 is 15.9 Å². The molecule has 1 amide bonds. The number of benzene rings is 1. The number of ether oxygens (including phenoxy) is 1. The first-order chi connectivity index (χ1) is 12.8. The van der Waals surface area contributed by atoms with E-state index in [1.54, 1.807) is 0 Å². The molecule has 27 heavy (non-hydrogen) atoms. The van der Waals surface area contributed by atoms with Crippen LogP contribution in [0.2, 0.25) is 0 Å². The quantitative estimate of drug-likeness (QED) is 0.729. The molecule has 1 N–H and O–H groups in total. The number of carbonyl (C=O) groups excluding carboxylic acids is 1. The normalized spacial score (nSPS) is 25.5. The second kappa shape index (κ2) is 8.22. The van der Waals surface area contributed by atoms with E-state index < -0.39 is 15.8 Å². The van der Waals surface area contributed by atoms with Crippen LogP contribution < -0.4 is 4.90 Å². The van der Waals surface area contributed by atoms with Gasteiger partial charge in [-0.3, -0.25) is 4.79 Å². The van der Waals surface area contributed by atoms with Crippen molar-refractivity contribution in [2.45, 2.75) is 31.0 Å². The van der Waals surface area contributed by atoms with Crippen LogP contribution in [0.25, 0.3) is 0 Å². The minimum Gasteiger partial charge on any atom is -0.372 e. The Bertz CT molecular complexity index is 771. The van der Waals surface area contributed by atoms with Crippen molar-refractivity contribution in [3.05, 3.63) is 30.1 Å². The topological polar surface area (TPSA) is 71.4 Å². The average Bonchev–Trinajstić information content (AvgIpc) is 2.61. The van der Waals surface area contributed by atoms with Crippen LogP contribution in [0.1, 0.15) is 13.8 Å². The summed E-state index contributed by atoms with van der Waals surface area (Å²) in [6, 6.07) is 5.06. The van der Waals surface area contributed by atoms with Gasteiger partial charge in [0.25, 0.3) is 5.91 Å². The lowest BCUT2D eigenvalue weighted by atomic mass is 10.2. The minimum absolute atomic E-state index is 0.0287. The molecular weight excluding hydrogens is 373 g/mol. The molecule has 2 aliphatic heterocycles. The van der Waals surface area contributed by atoms with Crippen molar-refractivity contribution in [3.8, 4) is 0 Å².